The molecule has 0 spiro atoms. The summed E-state index contributed by atoms with van der Waals surface area (Å²) >= 11 is 5.94. The van der Waals surface area contributed by atoms with Gasteiger partial charge in [-0.1, -0.05) is 0 Å². The molecule has 5 heteroatoms. The Labute approximate surface area is 131 Å². The van der Waals surface area contributed by atoms with Crippen LogP contribution in [0, 0.1) is 6.92 Å². The second-order valence-electron chi connectivity index (χ2n) is 6.12. The summed E-state index contributed by atoms with van der Waals surface area (Å²) in [6.07, 6.45) is 3.45. The normalized spacial score (nSPS) is 16.8. The van der Waals surface area contributed by atoms with Gasteiger partial charge in [-0.05, 0) is 45.9 Å². The van der Waals surface area contributed by atoms with Gasteiger partial charge < -0.3 is 4.57 Å². The number of pyridine rings is 1. The maximum absolute atomic E-state index is 5.94. The second kappa shape index (κ2) is 5.93. The summed E-state index contributed by atoms with van der Waals surface area (Å²) in [4.78, 5) is 11.9. The lowest BCUT2D eigenvalue weighted by Crippen LogP contribution is -2.35. The predicted molar refractivity (Wildman–Crippen MR) is 86.9 cm³/mol. The first-order valence-electron chi connectivity index (χ1n) is 7.71. The zero-order chi connectivity index (χ0) is 15.0. The highest BCUT2D eigenvalue weighted by Crippen LogP contribution is 2.28. The van der Waals surface area contributed by atoms with Crippen molar-refractivity contribution in [1.82, 2.24) is 19.4 Å². The third-order valence-corrected chi connectivity index (χ3v) is 4.58. The van der Waals surface area contributed by atoms with Crippen LogP contribution in [0.15, 0.2) is 12.1 Å². The van der Waals surface area contributed by atoms with Gasteiger partial charge in [-0.25, -0.2) is 9.97 Å². The number of nitrogens with zero attached hydrogens (tertiary/aromatic N) is 4. The van der Waals surface area contributed by atoms with Crippen LogP contribution in [-0.2, 0) is 13.0 Å². The van der Waals surface area contributed by atoms with Crippen molar-refractivity contribution in [2.75, 3.05) is 12.9 Å². The van der Waals surface area contributed by atoms with Crippen LogP contribution in [0.5, 0.6) is 0 Å². The van der Waals surface area contributed by atoms with Crippen LogP contribution in [0.3, 0.4) is 0 Å². The van der Waals surface area contributed by atoms with E-state index in [1.165, 1.54) is 12.8 Å². The van der Waals surface area contributed by atoms with Crippen molar-refractivity contribution >= 4 is 22.8 Å². The first-order valence-corrected chi connectivity index (χ1v) is 8.24. The molecule has 2 aromatic heterocycles. The topological polar surface area (TPSA) is 34.0 Å². The van der Waals surface area contributed by atoms with Crippen LogP contribution >= 0.6 is 11.6 Å². The van der Waals surface area contributed by atoms with Gasteiger partial charge in [-0.15, -0.1) is 11.6 Å². The van der Waals surface area contributed by atoms with E-state index < -0.39 is 0 Å². The van der Waals surface area contributed by atoms with Crippen molar-refractivity contribution in [2.45, 2.75) is 51.7 Å². The van der Waals surface area contributed by atoms with Gasteiger partial charge in [0.15, 0.2) is 5.65 Å². The molecule has 1 fully saturated rings. The molecular formula is C16H23ClN4. The Morgan fingerprint density at radius 3 is 2.81 bits per heavy atom. The number of aromatic nitrogens is 3. The van der Waals surface area contributed by atoms with Crippen LogP contribution in [-0.4, -0.2) is 44.4 Å². The molecule has 0 amide bonds. The van der Waals surface area contributed by atoms with Gasteiger partial charge in [0, 0.05) is 36.6 Å². The van der Waals surface area contributed by atoms with E-state index in [9.17, 15) is 0 Å². The van der Waals surface area contributed by atoms with Crippen molar-refractivity contribution in [3.8, 4) is 0 Å². The smallest absolute Gasteiger partial charge is 0.160 e. The molecule has 1 atom stereocenters. The summed E-state index contributed by atoms with van der Waals surface area (Å²) in [6.45, 7) is 5.23. The van der Waals surface area contributed by atoms with Crippen molar-refractivity contribution in [2.24, 2.45) is 0 Å². The maximum Gasteiger partial charge on any atom is 0.160 e. The van der Waals surface area contributed by atoms with Crippen molar-refractivity contribution in [1.29, 1.82) is 0 Å². The molecule has 1 unspecified atom stereocenters. The van der Waals surface area contributed by atoms with Gasteiger partial charge >= 0.3 is 0 Å². The highest BCUT2D eigenvalue weighted by molar-refractivity contribution is 6.17. The van der Waals surface area contributed by atoms with E-state index in [1.807, 2.05) is 13.0 Å². The molecule has 1 saturated carbocycles. The van der Waals surface area contributed by atoms with E-state index in [4.69, 9.17) is 21.6 Å². The Balaban J connectivity index is 1.93. The second-order valence-corrected chi connectivity index (χ2v) is 6.50. The molecule has 0 bridgehead atoms. The Morgan fingerprint density at radius 1 is 1.38 bits per heavy atom. The predicted octanol–water partition coefficient (Wildman–Crippen LogP) is 3.00. The van der Waals surface area contributed by atoms with Crippen molar-refractivity contribution in [3.63, 3.8) is 0 Å². The molecule has 114 valence electrons. The summed E-state index contributed by atoms with van der Waals surface area (Å²) in [5, 5.41) is 0. The molecule has 0 radical (unpaired) electrons. The molecule has 2 aromatic rings. The SMILES string of the molecule is Cc1ccc2nc(CCCl)n(CC(C)N(C)C3CC3)c2n1. The molecule has 1 aliphatic carbocycles. The molecule has 0 aromatic carbocycles. The minimum Gasteiger partial charge on any atom is -0.311 e. The van der Waals surface area contributed by atoms with Gasteiger partial charge in [0.25, 0.3) is 0 Å². The van der Waals surface area contributed by atoms with Gasteiger partial charge in [-0.2, -0.15) is 0 Å². The Morgan fingerprint density at radius 2 is 2.14 bits per heavy atom. The Bertz CT molecular complexity index is 632. The lowest BCUT2D eigenvalue weighted by atomic mass is 10.2. The number of alkyl halides is 1. The zero-order valence-corrected chi connectivity index (χ0v) is 13.8. The number of halogens is 1. The Hall–Kier alpha value is -1.13. The van der Waals surface area contributed by atoms with Crippen LogP contribution in [0.4, 0.5) is 0 Å². The first kappa shape index (κ1) is 14.8. The Kier molecular flexibility index (Phi) is 4.18. The molecule has 3 rings (SSSR count). The molecular weight excluding hydrogens is 284 g/mol. The van der Waals surface area contributed by atoms with Crippen molar-refractivity contribution < 1.29 is 0 Å². The van der Waals surface area contributed by atoms with E-state index in [-0.39, 0.29) is 0 Å². The summed E-state index contributed by atoms with van der Waals surface area (Å²) in [7, 11) is 2.22. The zero-order valence-electron chi connectivity index (χ0n) is 13.0. The van der Waals surface area contributed by atoms with Crippen LogP contribution in [0.2, 0.25) is 0 Å². The minimum absolute atomic E-state index is 0.478. The van der Waals surface area contributed by atoms with Crippen molar-refractivity contribution in [3.05, 3.63) is 23.7 Å². The number of hydrogen-bond donors (Lipinski definition) is 0. The first-order chi connectivity index (χ1) is 10.1. The van der Waals surface area contributed by atoms with Gasteiger partial charge in [-0.3, -0.25) is 4.90 Å². The molecule has 0 saturated heterocycles. The fourth-order valence-corrected chi connectivity index (χ4v) is 3.01. The lowest BCUT2D eigenvalue weighted by molar-refractivity contribution is 0.225. The number of hydrogen-bond acceptors (Lipinski definition) is 3. The quantitative estimate of drug-likeness (QED) is 0.769. The average molecular weight is 307 g/mol. The third-order valence-electron chi connectivity index (χ3n) is 4.39. The summed E-state index contributed by atoms with van der Waals surface area (Å²) in [5.74, 6) is 1.64. The standard InChI is InChI=1S/C16H23ClN4/c1-11-4-7-14-16(18-11)21(15(19-14)8-9-17)10-12(2)20(3)13-5-6-13/h4,7,12-13H,5-6,8-10H2,1-3H3. The number of aryl methyl sites for hydroxylation is 2. The van der Waals surface area contributed by atoms with Crippen LogP contribution in [0.25, 0.3) is 11.2 Å². The van der Waals surface area contributed by atoms with Crippen LogP contribution < -0.4 is 0 Å². The fourth-order valence-electron chi connectivity index (χ4n) is 2.85. The lowest BCUT2D eigenvalue weighted by Gasteiger charge is -2.25. The average Bonchev–Trinajstić information content (AvgIpc) is 3.25. The van der Waals surface area contributed by atoms with E-state index in [1.54, 1.807) is 0 Å². The van der Waals surface area contributed by atoms with Gasteiger partial charge in [0.2, 0.25) is 0 Å². The number of fused-ring (bicyclic) bond motifs is 1. The molecule has 0 aliphatic heterocycles. The van der Waals surface area contributed by atoms with Gasteiger partial charge in [0.1, 0.15) is 11.3 Å². The number of imidazole rings is 1. The van der Waals surface area contributed by atoms with E-state index in [0.717, 1.165) is 41.7 Å². The van der Waals surface area contributed by atoms with E-state index >= 15 is 0 Å². The monoisotopic (exact) mass is 306 g/mol. The minimum atomic E-state index is 0.478. The molecule has 1 aliphatic rings. The fraction of sp³-hybridized carbons (Fsp3) is 0.625. The van der Waals surface area contributed by atoms with E-state index in [0.29, 0.717) is 11.9 Å². The number of likely N-dealkylation sites (N-methyl/N-ethyl adjacent to an activating group) is 1. The summed E-state index contributed by atoms with van der Waals surface area (Å²) in [5.41, 5.74) is 3.00. The summed E-state index contributed by atoms with van der Waals surface area (Å²) in [6, 6.07) is 5.32. The van der Waals surface area contributed by atoms with Crippen LogP contribution in [0.1, 0.15) is 31.3 Å². The maximum atomic E-state index is 5.94. The largest absolute Gasteiger partial charge is 0.311 e. The molecule has 4 nitrogen and oxygen atoms in total. The number of rotatable bonds is 6. The summed E-state index contributed by atoms with van der Waals surface area (Å²) < 4.78 is 2.26. The van der Waals surface area contributed by atoms with E-state index in [2.05, 4.69) is 29.5 Å². The highest BCUT2D eigenvalue weighted by Gasteiger charge is 2.29. The highest BCUT2D eigenvalue weighted by atomic mass is 35.5. The molecule has 0 N–H and O–H groups in total. The third kappa shape index (κ3) is 3.06. The molecule has 21 heavy (non-hydrogen) atoms. The van der Waals surface area contributed by atoms with Gasteiger partial charge in [0.05, 0.1) is 0 Å². The molecule has 2 heterocycles.